The molecule has 1 saturated heterocycles. The van der Waals surface area contributed by atoms with Gasteiger partial charge in [-0.05, 0) is 18.8 Å². The number of likely N-dealkylation sites (tertiary alicyclic amines) is 1. The molecule has 1 heterocycles. The van der Waals surface area contributed by atoms with Crippen LogP contribution in [-0.4, -0.2) is 35.9 Å². The number of nitrogens with zero attached hydrogens (tertiary/aromatic N) is 1. The highest BCUT2D eigenvalue weighted by atomic mass is 19.3. The summed E-state index contributed by atoms with van der Waals surface area (Å²) < 4.78 is 25.5. The largest absolute Gasteiger partial charge is 0.338 e. The SMILES string of the molecule is CC1CCN(C(=O)C2CC(F)(F)C2)C(CN)C1. The Hall–Kier alpha value is -0.710. The number of amides is 1. The molecule has 2 N–H and O–H groups in total. The van der Waals surface area contributed by atoms with Gasteiger partial charge in [-0.25, -0.2) is 8.78 Å². The molecule has 2 unspecified atom stereocenters. The molecule has 2 fully saturated rings. The summed E-state index contributed by atoms with van der Waals surface area (Å²) in [6.45, 7) is 3.24. The van der Waals surface area contributed by atoms with Crippen molar-refractivity contribution < 1.29 is 13.6 Å². The molecular weight excluding hydrogens is 226 g/mol. The molecule has 5 heteroatoms. The molecule has 2 aliphatic rings. The second-order valence-electron chi connectivity index (χ2n) is 5.51. The first kappa shape index (κ1) is 12.7. The van der Waals surface area contributed by atoms with Crippen molar-refractivity contribution >= 4 is 5.91 Å². The first-order valence-corrected chi connectivity index (χ1v) is 6.31. The summed E-state index contributed by atoms with van der Waals surface area (Å²) in [5.41, 5.74) is 5.66. The smallest absolute Gasteiger partial charge is 0.249 e. The van der Waals surface area contributed by atoms with Gasteiger partial charge >= 0.3 is 0 Å². The maximum atomic E-state index is 12.8. The van der Waals surface area contributed by atoms with Crippen LogP contribution >= 0.6 is 0 Å². The maximum Gasteiger partial charge on any atom is 0.249 e. The average molecular weight is 246 g/mol. The number of alkyl halides is 2. The molecule has 2 atom stereocenters. The van der Waals surface area contributed by atoms with Crippen LogP contribution in [0.2, 0.25) is 0 Å². The van der Waals surface area contributed by atoms with Crippen LogP contribution in [-0.2, 0) is 4.79 Å². The summed E-state index contributed by atoms with van der Waals surface area (Å²) in [7, 11) is 0. The highest BCUT2D eigenvalue weighted by Gasteiger charge is 2.50. The number of carbonyl (C=O) groups is 1. The molecule has 0 radical (unpaired) electrons. The number of piperidine rings is 1. The first-order valence-electron chi connectivity index (χ1n) is 6.31. The Labute approximate surface area is 100 Å². The van der Waals surface area contributed by atoms with Crippen molar-refractivity contribution in [1.82, 2.24) is 4.90 Å². The summed E-state index contributed by atoms with van der Waals surface area (Å²) in [5, 5.41) is 0. The van der Waals surface area contributed by atoms with Crippen molar-refractivity contribution in [3.05, 3.63) is 0 Å². The van der Waals surface area contributed by atoms with E-state index in [0.717, 1.165) is 12.8 Å². The van der Waals surface area contributed by atoms with E-state index in [-0.39, 0.29) is 24.8 Å². The van der Waals surface area contributed by atoms with Crippen molar-refractivity contribution in [2.24, 2.45) is 17.6 Å². The van der Waals surface area contributed by atoms with Gasteiger partial charge in [0.25, 0.3) is 0 Å². The van der Waals surface area contributed by atoms with Gasteiger partial charge in [-0.1, -0.05) is 6.92 Å². The lowest BCUT2D eigenvalue weighted by Gasteiger charge is -2.43. The van der Waals surface area contributed by atoms with E-state index < -0.39 is 11.8 Å². The zero-order chi connectivity index (χ0) is 12.6. The van der Waals surface area contributed by atoms with Gasteiger partial charge in [-0.3, -0.25) is 4.79 Å². The van der Waals surface area contributed by atoms with Gasteiger partial charge in [0, 0.05) is 37.9 Å². The Morgan fingerprint density at radius 1 is 1.47 bits per heavy atom. The average Bonchev–Trinajstić information content (AvgIpc) is 2.24. The fourth-order valence-corrected chi connectivity index (χ4v) is 2.84. The van der Waals surface area contributed by atoms with Crippen molar-refractivity contribution in [3.63, 3.8) is 0 Å². The van der Waals surface area contributed by atoms with E-state index in [1.54, 1.807) is 4.90 Å². The lowest BCUT2D eigenvalue weighted by Crippen LogP contribution is -2.54. The van der Waals surface area contributed by atoms with Crippen LogP contribution in [0.4, 0.5) is 8.78 Å². The minimum Gasteiger partial charge on any atom is -0.338 e. The highest BCUT2D eigenvalue weighted by Crippen LogP contribution is 2.43. The van der Waals surface area contributed by atoms with Gasteiger partial charge in [0.2, 0.25) is 11.8 Å². The highest BCUT2D eigenvalue weighted by molar-refractivity contribution is 5.80. The number of carbonyl (C=O) groups excluding carboxylic acids is 1. The van der Waals surface area contributed by atoms with E-state index in [4.69, 9.17) is 5.73 Å². The molecule has 1 amide bonds. The van der Waals surface area contributed by atoms with Gasteiger partial charge in [0.05, 0.1) is 0 Å². The van der Waals surface area contributed by atoms with Gasteiger partial charge < -0.3 is 10.6 Å². The fraction of sp³-hybridized carbons (Fsp3) is 0.917. The molecule has 2 rings (SSSR count). The molecule has 1 aliphatic carbocycles. The van der Waals surface area contributed by atoms with Crippen molar-refractivity contribution in [2.75, 3.05) is 13.1 Å². The predicted octanol–water partition coefficient (Wildman–Crippen LogP) is 1.62. The minimum atomic E-state index is -2.62. The third-order valence-electron chi connectivity index (χ3n) is 3.97. The van der Waals surface area contributed by atoms with Gasteiger partial charge in [0.1, 0.15) is 0 Å². The molecule has 0 aromatic heterocycles. The van der Waals surface area contributed by atoms with Crippen molar-refractivity contribution in [1.29, 1.82) is 0 Å². The van der Waals surface area contributed by atoms with Crippen LogP contribution in [0.15, 0.2) is 0 Å². The lowest BCUT2D eigenvalue weighted by molar-refractivity contribution is -0.163. The second kappa shape index (κ2) is 4.52. The number of hydrogen-bond donors (Lipinski definition) is 1. The minimum absolute atomic E-state index is 0.0421. The van der Waals surface area contributed by atoms with Gasteiger partial charge in [0.15, 0.2) is 0 Å². The van der Waals surface area contributed by atoms with E-state index in [2.05, 4.69) is 6.92 Å². The summed E-state index contributed by atoms with van der Waals surface area (Å²) in [6.07, 6.45) is 1.28. The number of halogens is 2. The molecule has 0 spiro atoms. The fourth-order valence-electron chi connectivity index (χ4n) is 2.84. The summed E-state index contributed by atoms with van der Waals surface area (Å²) in [5.74, 6) is -2.65. The molecular formula is C12H20F2N2O. The summed E-state index contributed by atoms with van der Waals surface area (Å²) in [6, 6.07) is 0.0421. The molecule has 0 bridgehead atoms. The number of rotatable bonds is 2. The predicted molar refractivity (Wildman–Crippen MR) is 60.6 cm³/mol. The van der Waals surface area contributed by atoms with Crippen molar-refractivity contribution in [3.8, 4) is 0 Å². The van der Waals surface area contributed by atoms with Crippen LogP contribution in [0.3, 0.4) is 0 Å². The monoisotopic (exact) mass is 246 g/mol. The Bertz CT molecular complexity index is 301. The Kier molecular flexibility index (Phi) is 3.39. The Morgan fingerprint density at radius 2 is 2.12 bits per heavy atom. The molecule has 98 valence electrons. The summed E-state index contributed by atoms with van der Waals surface area (Å²) >= 11 is 0. The zero-order valence-corrected chi connectivity index (χ0v) is 10.2. The molecule has 1 saturated carbocycles. The van der Waals surface area contributed by atoms with E-state index in [9.17, 15) is 13.6 Å². The first-order chi connectivity index (χ1) is 7.93. The van der Waals surface area contributed by atoms with Gasteiger partial charge in [-0.2, -0.15) is 0 Å². The Morgan fingerprint density at radius 3 is 2.65 bits per heavy atom. The van der Waals surface area contributed by atoms with E-state index in [1.165, 1.54) is 0 Å². The van der Waals surface area contributed by atoms with Gasteiger partial charge in [-0.15, -0.1) is 0 Å². The molecule has 0 aromatic rings. The third kappa shape index (κ3) is 2.59. The molecule has 17 heavy (non-hydrogen) atoms. The lowest BCUT2D eigenvalue weighted by atomic mass is 9.79. The quantitative estimate of drug-likeness (QED) is 0.804. The van der Waals surface area contributed by atoms with Crippen LogP contribution in [0, 0.1) is 11.8 Å². The summed E-state index contributed by atoms with van der Waals surface area (Å²) in [4.78, 5) is 13.8. The van der Waals surface area contributed by atoms with E-state index in [1.807, 2.05) is 0 Å². The Balaban J connectivity index is 1.94. The number of nitrogens with two attached hydrogens (primary N) is 1. The maximum absolute atomic E-state index is 12.8. The van der Waals surface area contributed by atoms with Crippen LogP contribution in [0.25, 0.3) is 0 Å². The van der Waals surface area contributed by atoms with E-state index in [0.29, 0.717) is 19.0 Å². The van der Waals surface area contributed by atoms with Crippen molar-refractivity contribution in [2.45, 2.75) is 44.6 Å². The molecule has 3 nitrogen and oxygen atoms in total. The third-order valence-corrected chi connectivity index (χ3v) is 3.97. The van der Waals surface area contributed by atoms with Crippen LogP contribution in [0.1, 0.15) is 32.6 Å². The normalized spacial score (nSPS) is 33.3. The van der Waals surface area contributed by atoms with Crippen LogP contribution in [0.5, 0.6) is 0 Å². The van der Waals surface area contributed by atoms with E-state index >= 15 is 0 Å². The topological polar surface area (TPSA) is 46.3 Å². The van der Waals surface area contributed by atoms with Crippen LogP contribution < -0.4 is 5.73 Å². The zero-order valence-electron chi connectivity index (χ0n) is 10.2. The molecule has 1 aliphatic heterocycles. The molecule has 0 aromatic carbocycles. The second-order valence-corrected chi connectivity index (χ2v) is 5.51. The standard InChI is InChI=1S/C12H20F2N2O/c1-8-2-3-16(10(4-8)7-15)11(17)9-5-12(13,14)6-9/h8-10H,2-7,15H2,1H3. The number of hydrogen-bond acceptors (Lipinski definition) is 2.